The van der Waals surface area contributed by atoms with E-state index in [1.54, 1.807) is 49.8 Å². The summed E-state index contributed by atoms with van der Waals surface area (Å²) >= 11 is 19.8. The first-order chi connectivity index (χ1) is 39.0. The number of allylic oxidation sites excluding steroid dienone is 2. The van der Waals surface area contributed by atoms with Crippen LogP contribution in [0.25, 0.3) is 42.8 Å². The van der Waals surface area contributed by atoms with Gasteiger partial charge in [0.2, 0.25) is 11.2 Å². The molecule has 11 rings (SSSR count). The van der Waals surface area contributed by atoms with Crippen LogP contribution < -0.4 is 27.8 Å². The number of benzene rings is 4. The monoisotopic (exact) mass is 1330 g/mol. The second kappa shape index (κ2) is 32.3. The van der Waals surface area contributed by atoms with Crippen molar-refractivity contribution in [3.8, 4) is 0 Å². The predicted octanol–water partition coefficient (Wildman–Crippen LogP) is 15.2. The van der Waals surface area contributed by atoms with Crippen LogP contribution in [0.2, 0.25) is 10.4 Å². The second-order valence-electron chi connectivity index (χ2n) is 18.9. The molecular weight excluding hydrogens is 1260 g/mol. The van der Waals surface area contributed by atoms with Crippen LogP contribution in [0.15, 0.2) is 143 Å². The molecule has 444 valence electrons. The second-order valence-corrected chi connectivity index (χ2v) is 22.5. The number of H-pyrrole nitrogens is 2. The average molecular weight is 1330 g/mol. The Bertz CT molecular complexity index is 3780. The molecule has 1 fully saturated rings. The van der Waals surface area contributed by atoms with Crippen molar-refractivity contribution in [2.75, 3.05) is 23.8 Å². The molecule has 0 amide bonds. The Morgan fingerprint density at radius 2 is 1.56 bits per heavy atom. The zero-order valence-corrected chi connectivity index (χ0v) is 51.1. The largest absolute Gasteiger partial charge is 0.477 e. The van der Waals surface area contributed by atoms with Crippen LogP contribution in [0.5, 0.6) is 0 Å². The van der Waals surface area contributed by atoms with Crippen molar-refractivity contribution in [3.05, 3.63) is 175 Å². The topological polar surface area (TPSA) is 306 Å². The Morgan fingerprint density at radius 1 is 0.869 bits per heavy atom. The summed E-state index contributed by atoms with van der Waals surface area (Å²) < 4.78 is 14.5. The highest BCUT2D eigenvalue weighted by Gasteiger charge is 2.20. The Morgan fingerprint density at radius 3 is 2.17 bits per heavy atom. The molecule has 7 heterocycles. The molecule has 1 saturated heterocycles. The lowest BCUT2D eigenvalue weighted by Crippen LogP contribution is -2.27. The number of carboxylic acids is 1. The standard InChI is InChI=1S/C16H16ClN5O2.C13H12ClN5.C10H8BrNO.C9H5BrO2S.C5H10N2.C4H9NO.2CH4/c1-16(2,3)24-15(23)22-12-5-4-11(8-10(12)9-19-22)20-13-6-7-18-14(17)21-13;1-7-8(2)16-13(18-12(7)14)17-10-3-4-11-9(5-10)6-15-19-11;1-6(13)9-4-7-2-3-8(11)5-10(7)12-9;10-6-2-1-5-3-8(9(11)12)13-7(5)4-6;1-2-3-5(7)4-6;5-4-1-2-6-3-4;;/h4-9H,1-3H3,(H,18,20,21);3-6H,1-2H3,(H,15,19)(H,16,17,18);2-5,12H,1H3;1-4H,(H,11,12);2-4H,6-7H2,1H3;4H,1-3,5H2;2*1H4/b;;;;3-2-,5-4+;;;. The van der Waals surface area contributed by atoms with E-state index < -0.39 is 17.7 Å². The molecule has 11 N–H and O–H groups in total. The molecule has 1 aliphatic heterocycles. The van der Waals surface area contributed by atoms with Gasteiger partial charge in [-0.3, -0.25) is 9.89 Å². The summed E-state index contributed by atoms with van der Waals surface area (Å²) in [6, 6.07) is 28.5. The molecule has 10 aromatic rings. The Kier molecular flexibility index (Phi) is 26.5. The van der Waals surface area contributed by atoms with Gasteiger partial charge >= 0.3 is 12.1 Å². The van der Waals surface area contributed by atoms with Gasteiger partial charge in [-0.05, 0) is 150 Å². The lowest BCUT2D eigenvalue weighted by Gasteiger charge is -2.19. The van der Waals surface area contributed by atoms with E-state index in [1.165, 1.54) is 22.2 Å². The molecule has 84 heavy (non-hydrogen) atoms. The number of aromatic amines is 2. The molecule has 0 saturated carbocycles. The summed E-state index contributed by atoms with van der Waals surface area (Å²) in [6.07, 6.45) is 10.4. The van der Waals surface area contributed by atoms with Crippen molar-refractivity contribution < 1.29 is 29.0 Å². The van der Waals surface area contributed by atoms with Crippen molar-refractivity contribution in [2.24, 2.45) is 17.2 Å². The van der Waals surface area contributed by atoms with E-state index in [1.807, 2.05) is 120 Å². The van der Waals surface area contributed by atoms with Crippen LogP contribution in [-0.2, 0) is 9.47 Å². The Hall–Kier alpha value is -7.77. The zero-order valence-electron chi connectivity index (χ0n) is 45.6. The Labute approximate surface area is 517 Å². The number of halogens is 4. The smallest absolute Gasteiger partial charge is 0.435 e. The van der Waals surface area contributed by atoms with Gasteiger partial charge in [-0.2, -0.15) is 14.9 Å². The van der Waals surface area contributed by atoms with Crippen molar-refractivity contribution >= 4 is 150 Å². The molecule has 0 aliphatic carbocycles. The van der Waals surface area contributed by atoms with E-state index in [2.05, 4.69) is 82.7 Å². The van der Waals surface area contributed by atoms with Gasteiger partial charge in [-0.15, -0.1) is 11.3 Å². The molecule has 4 aromatic carbocycles. The minimum Gasteiger partial charge on any atom is -0.477 e. The number of nitrogens with one attached hydrogen (secondary N) is 4. The molecule has 1 aliphatic rings. The number of Topliss-reactive ketones (excluding diaryl/α,β-unsaturated/α-hetero) is 1. The first kappa shape index (κ1) is 68.7. The molecule has 6 aromatic heterocycles. The number of ether oxygens (including phenoxy) is 2. The van der Waals surface area contributed by atoms with E-state index in [0.717, 1.165) is 88.5 Å². The van der Waals surface area contributed by atoms with Crippen LogP contribution >= 0.6 is 66.4 Å². The predicted molar refractivity (Wildman–Crippen MR) is 348 cm³/mol. The molecule has 1 unspecified atom stereocenters. The molecule has 1 atom stereocenters. The number of hydrogen-bond acceptors (Lipinski definition) is 17. The molecule has 0 spiro atoms. The van der Waals surface area contributed by atoms with Crippen molar-refractivity contribution in [3.63, 3.8) is 0 Å². The minimum absolute atomic E-state index is 0. The van der Waals surface area contributed by atoms with Crippen LogP contribution in [0.3, 0.4) is 0 Å². The normalized spacial score (nSPS) is 12.6. The quantitative estimate of drug-likeness (QED) is 0.0318. The third-order valence-corrected chi connectivity index (χ3v) is 13.9. The number of anilines is 4. The first-order valence-corrected chi connectivity index (χ1v) is 28.2. The highest BCUT2D eigenvalue weighted by Crippen LogP contribution is 2.29. The number of aromatic nitrogens is 9. The maximum absolute atomic E-state index is 12.2. The van der Waals surface area contributed by atoms with Crippen LogP contribution in [0, 0.1) is 13.8 Å². The minimum atomic E-state index is -0.864. The summed E-state index contributed by atoms with van der Waals surface area (Å²) in [7, 11) is 0. The number of carboxylic acid groups (broad SMARTS) is 1. The number of thiophene rings is 1. The number of carbonyl (C=O) groups excluding carboxylic acids is 2. The SMILES string of the molecule is C.C.C/C=C\C(N)=C/N.CC(=O)c1cc2ccc(Br)cc2[nH]1.CC(C)(C)OC(=O)n1ncc2cc(Nc3ccnc(Cl)n3)ccc21.Cc1nc(Nc2ccc3[nH]ncc3c2)nc(Cl)c1C.NC1CCOC1.O=C(O)c1cc2ccc(Br)cc2s1. The molecule has 25 heteroatoms. The van der Waals surface area contributed by atoms with Gasteiger partial charge in [0.05, 0.1) is 35.7 Å². The molecule has 0 radical (unpaired) electrons. The van der Waals surface area contributed by atoms with E-state index in [0.29, 0.717) is 44.7 Å². The zero-order chi connectivity index (χ0) is 59.7. The number of carbonyl (C=O) groups is 3. The van der Waals surface area contributed by atoms with Gasteiger partial charge in [0.25, 0.3) is 0 Å². The number of hydrogen-bond donors (Lipinski definition) is 8. The van der Waals surface area contributed by atoms with Crippen LogP contribution in [0.1, 0.15) is 87.3 Å². The van der Waals surface area contributed by atoms with Gasteiger partial charge in [0.15, 0.2) is 5.78 Å². The van der Waals surface area contributed by atoms with Crippen molar-refractivity contribution in [2.45, 2.75) is 81.4 Å². The molecule has 20 nitrogen and oxygen atoms in total. The number of aromatic carboxylic acids is 1. The maximum Gasteiger partial charge on any atom is 0.435 e. The fourth-order valence-corrected chi connectivity index (χ4v) is 9.29. The van der Waals surface area contributed by atoms with Gasteiger partial charge in [0, 0.05) is 95.6 Å². The molecular formula is C59H68Br2Cl2N14O6S. The number of fused-ring (bicyclic) bond motifs is 4. The summed E-state index contributed by atoms with van der Waals surface area (Å²) in [6.45, 7) is 14.3. The van der Waals surface area contributed by atoms with Crippen molar-refractivity contribution in [1.82, 2.24) is 44.9 Å². The third kappa shape index (κ3) is 20.8. The summed E-state index contributed by atoms with van der Waals surface area (Å²) in [5.41, 5.74) is 22.4. The number of aryl methyl sites for hydroxylation is 1. The van der Waals surface area contributed by atoms with Crippen LogP contribution in [0.4, 0.5) is 27.9 Å². The number of nitrogens with two attached hydrogens (primary N) is 3. The lowest BCUT2D eigenvalue weighted by atomic mass is 10.2. The first-order valence-electron chi connectivity index (χ1n) is 25.0. The number of ketones is 1. The van der Waals surface area contributed by atoms with Gasteiger partial charge in [-0.25, -0.2) is 29.5 Å². The summed E-state index contributed by atoms with van der Waals surface area (Å²) in [4.78, 5) is 53.8. The van der Waals surface area contributed by atoms with E-state index in [-0.39, 0.29) is 25.9 Å². The Balaban J connectivity index is 0.000000227. The van der Waals surface area contributed by atoms with Crippen molar-refractivity contribution in [1.29, 1.82) is 0 Å². The van der Waals surface area contributed by atoms with E-state index in [4.69, 9.17) is 55.0 Å². The number of rotatable bonds is 7. The summed E-state index contributed by atoms with van der Waals surface area (Å²) in [5, 5.41) is 30.5. The number of nitrogens with zero attached hydrogens (tertiary/aromatic N) is 7. The van der Waals surface area contributed by atoms with Gasteiger partial charge in [0.1, 0.15) is 21.4 Å². The maximum atomic E-state index is 12.2. The third-order valence-electron chi connectivity index (χ3n) is 11.2. The highest BCUT2D eigenvalue weighted by molar-refractivity contribution is 9.10. The lowest BCUT2D eigenvalue weighted by molar-refractivity contribution is 0.0522. The van der Waals surface area contributed by atoms with Gasteiger partial charge in [-0.1, -0.05) is 76.5 Å². The van der Waals surface area contributed by atoms with Crippen LogP contribution in [-0.4, -0.2) is 92.7 Å². The fourth-order valence-electron chi connectivity index (χ4n) is 7.11. The fraction of sp³-hybridized carbons (Fsp3) is 0.237. The summed E-state index contributed by atoms with van der Waals surface area (Å²) in [5.74, 6) is 0.273. The van der Waals surface area contributed by atoms with Gasteiger partial charge < -0.3 is 47.4 Å². The van der Waals surface area contributed by atoms with E-state index in [9.17, 15) is 14.4 Å². The average Bonchev–Trinajstić information content (AvgIpc) is 4.49. The van der Waals surface area contributed by atoms with E-state index >= 15 is 0 Å². The molecule has 0 bridgehead atoms. The highest BCUT2D eigenvalue weighted by atomic mass is 79.9.